The van der Waals surface area contributed by atoms with Crippen molar-refractivity contribution in [1.29, 1.82) is 0 Å². The van der Waals surface area contributed by atoms with Crippen LogP contribution in [0.2, 0.25) is 0 Å². The van der Waals surface area contributed by atoms with E-state index in [-0.39, 0.29) is 24.9 Å². The van der Waals surface area contributed by atoms with Crippen molar-refractivity contribution in [2.24, 2.45) is 0 Å². The Morgan fingerprint density at radius 3 is 2.75 bits per heavy atom. The fraction of sp³-hybridized carbons (Fsp3) is 0.294. The number of benzene rings is 1. The number of carboxylic acid groups (broad SMARTS) is 1. The molecule has 0 radical (unpaired) electrons. The number of halogens is 1. The third kappa shape index (κ3) is 3.03. The van der Waals surface area contributed by atoms with Gasteiger partial charge in [0.05, 0.1) is 12.6 Å². The highest BCUT2D eigenvalue weighted by molar-refractivity contribution is 5.89. The van der Waals surface area contributed by atoms with E-state index in [4.69, 9.17) is 4.74 Å². The summed E-state index contributed by atoms with van der Waals surface area (Å²) < 4.78 is 18.5. The minimum absolute atomic E-state index is 0.0551. The molecule has 126 valence electrons. The van der Waals surface area contributed by atoms with Crippen molar-refractivity contribution in [3.05, 3.63) is 53.0 Å². The molecule has 2 N–H and O–H groups in total. The highest BCUT2D eigenvalue weighted by Crippen LogP contribution is 2.34. The molecule has 1 aromatic heterocycles. The van der Waals surface area contributed by atoms with Gasteiger partial charge in [-0.1, -0.05) is 12.1 Å². The summed E-state index contributed by atoms with van der Waals surface area (Å²) in [6.07, 6.45) is -0.680. The first-order chi connectivity index (χ1) is 11.5. The van der Waals surface area contributed by atoms with Gasteiger partial charge in [-0.2, -0.15) is 0 Å². The molecular weight excluding hydrogens is 315 g/mol. The van der Waals surface area contributed by atoms with E-state index >= 15 is 0 Å². The summed E-state index contributed by atoms with van der Waals surface area (Å²) in [5.74, 6) is -0.0715. The van der Waals surface area contributed by atoms with Crippen LogP contribution in [0.4, 0.5) is 14.9 Å². The van der Waals surface area contributed by atoms with Crippen LogP contribution in [0.1, 0.15) is 16.8 Å². The first-order valence-corrected chi connectivity index (χ1v) is 7.50. The number of aliphatic hydroxyl groups is 1. The summed E-state index contributed by atoms with van der Waals surface area (Å²) in [5.41, 5.74) is 2.73. The van der Waals surface area contributed by atoms with Crippen molar-refractivity contribution >= 4 is 11.8 Å². The van der Waals surface area contributed by atoms with Gasteiger partial charge in [0.25, 0.3) is 0 Å². The molecule has 0 bridgehead atoms. The lowest BCUT2D eigenvalue weighted by Gasteiger charge is -2.33. The number of rotatable bonds is 3. The van der Waals surface area contributed by atoms with E-state index in [1.807, 2.05) is 6.92 Å². The van der Waals surface area contributed by atoms with Gasteiger partial charge in [0.1, 0.15) is 18.1 Å². The Hall–Kier alpha value is -2.67. The number of amides is 1. The number of aryl methyl sites for hydroxylation is 1. The van der Waals surface area contributed by atoms with E-state index in [1.165, 1.54) is 12.1 Å². The molecule has 1 aromatic carbocycles. The molecule has 7 heteroatoms. The molecule has 0 aliphatic carbocycles. The second-order valence-electron chi connectivity index (χ2n) is 5.66. The summed E-state index contributed by atoms with van der Waals surface area (Å²) in [6, 6.07) is 7.15. The van der Waals surface area contributed by atoms with Crippen molar-refractivity contribution < 1.29 is 24.1 Å². The molecule has 1 aliphatic rings. The molecule has 1 amide bonds. The Balaban J connectivity index is 1.99. The maximum atomic E-state index is 13.0. The predicted molar refractivity (Wildman–Crippen MR) is 85.1 cm³/mol. The summed E-state index contributed by atoms with van der Waals surface area (Å²) in [4.78, 5) is 17.0. The number of carbonyl (C=O) groups is 1. The molecule has 6 nitrogen and oxygen atoms in total. The largest absolute Gasteiger partial charge is 0.474 e. The predicted octanol–water partition coefficient (Wildman–Crippen LogP) is 2.36. The van der Waals surface area contributed by atoms with Gasteiger partial charge in [0.15, 0.2) is 0 Å². The molecule has 0 saturated carbocycles. The highest BCUT2D eigenvalue weighted by Gasteiger charge is 2.33. The van der Waals surface area contributed by atoms with E-state index in [9.17, 15) is 19.4 Å². The monoisotopic (exact) mass is 332 g/mol. The van der Waals surface area contributed by atoms with E-state index < -0.39 is 12.1 Å². The van der Waals surface area contributed by atoms with Gasteiger partial charge in [-0.3, -0.25) is 4.90 Å². The molecule has 2 aromatic rings. The quantitative estimate of drug-likeness (QED) is 0.901. The van der Waals surface area contributed by atoms with Gasteiger partial charge < -0.3 is 14.9 Å². The number of hydrogen-bond donors (Lipinski definition) is 2. The average Bonchev–Trinajstić information content (AvgIpc) is 2.56. The number of aromatic nitrogens is 1. The second kappa shape index (κ2) is 6.45. The molecular formula is C17H17FN2O4. The van der Waals surface area contributed by atoms with Gasteiger partial charge in [0, 0.05) is 5.69 Å². The Morgan fingerprint density at radius 1 is 1.42 bits per heavy atom. The van der Waals surface area contributed by atoms with Crippen molar-refractivity contribution in [2.75, 3.05) is 18.1 Å². The van der Waals surface area contributed by atoms with Crippen LogP contribution < -0.4 is 9.64 Å². The van der Waals surface area contributed by atoms with Crippen LogP contribution in [0.3, 0.4) is 0 Å². The summed E-state index contributed by atoms with van der Waals surface area (Å²) >= 11 is 0. The molecule has 1 unspecified atom stereocenters. The normalized spacial score (nSPS) is 16.5. The van der Waals surface area contributed by atoms with E-state index in [0.29, 0.717) is 17.8 Å². The van der Waals surface area contributed by atoms with E-state index in [1.54, 1.807) is 18.2 Å². The minimum Gasteiger partial charge on any atom is -0.474 e. The lowest BCUT2D eigenvalue weighted by Crippen LogP contribution is -2.48. The van der Waals surface area contributed by atoms with Gasteiger partial charge in [-0.25, -0.2) is 14.2 Å². The molecule has 2 heterocycles. The van der Waals surface area contributed by atoms with Crippen LogP contribution in [-0.4, -0.2) is 40.5 Å². The molecule has 24 heavy (non-hydrogen) atoms. The third-order valence-corrected chi connectivity index (χ3v) is 4.03. The number of hydrogen-bond acceptors (Lipinski definition) is 4. The molecule has 1 atom stereocenters. The lowest BCUT2D eigenvalue weighted by atomic mass is 10.0. The zero-order chi connectivity index (χ0) is 17.3. The SMILES string of the molecule is Cc1nc2c(cc1Cc1ccc(F)cc1)N(C(=O)O)C(CO)CO2. The van der Waals surface area contributed by atoms with Gasteiger partial charge in [-0.15, -0.1) is 0 Å². The second-order valence-corrected chi connectivity index (χ2v) is 5.66. The Kier molecular flexibility index (Phi) is 4.35. The van der Waals surface area contributed by atoms with Gasteiger partial charge in [0.2, 0.25) is 5.88 Å². The molecule has 0 saturated heterocycles. The molecule has 0 spiro atoms. The number of aliphatic hydroxyl groups excluding tert-OH is 1. The molecule has 1 aliphatic heterocycles. The number of nitrogens with zero attached hydrogens (tertiary/aromatic N) is 2. The topological polar surface area (TPSA) is 82.9 Å². The number of ether oxygens (including phenoxy) is 1. The van der Waals surface area contributed by atoms with Crippen LogP contribution in [0.25, 0.3) is 0 Å². The minimum atomic E-state index is -1.17. The zero-order valence-corrected chi connectivity index (χ0v) is 13.1. The third-order valence-electron chi connectivity index (χ3n) is 4.03. The smallest absolute Gasteiger partial charge is 0.412 e. The van der Waals surface area contributed by atoms with Crippen LogP contribution in [0.5, 0.6) is 5.88 Å². The lowest BCUT2D eigenvalue weighted by molar-refractivity contribution is 0.161. The number of pyridine rings is 1. The first kappa shape index (κ1) is 16.2. The van der Waals surface area contributed by atoms with Crippen molar-refractivity contribution in [1.82, 2.24) is 4.98 Å². The van der Waals surface area contributed by atoms with Crippen LogP contribution in [0, 0.1) is 12.7 Å². The summed E-state index contributed by atoms with van der Waals surface area (Å²) in [5, 5.41) is 18.8. The Morgan fingerprint density at radius 2 is 2.12 bits per heavy atom. The van der Waals surface area contributed by atoms with E-state index in [2.05, 4.69) is 4.98 Å². The van der Waals surface area contributed by atoms with Gasteiger partial charge in [-0.05, 0) is 42.7 Å². The standard InChI is InChI=1S/C17H17FN2O4/c1-10-12(6-11-2-4-13(18)5-3-11)7-15-16(19-10)24-9-14(8-21)20(15)17(22)23/h2-5,7,14,21H,6,8-9H2,1H3,(H,22,23). The van der Waals surface area contributed by atoms with Crippen LogP contribution >= 0.6 is 0 Å². The number of fused-ring (bicyclic) bond motifs is 1. The first-order valence-electron chi connectivity index (χ1n) is 7.50. The van der Waals surface area contributed by atoms with Crippen molar-refractivity contribution in [3.63, 3.8) is 0 Å². The average molecular weight is 332 g/mol. The zero-order valence-electron chi connectivity index (χ0n) is 13.1. The summed E-state index contributed by atoms with van der Waals surface area (Å²) in [6.45, 7) is 1.53. The maximum absolute atomic E-state index is 13.0. The maximum Gasteiger partial charge on any atom is 0.412 e. The molecule has 3 rings (SSSR count). The van der Waals surface area contributed by atoms with Crippen molar-refractivity contribution in [2.45, 2.75) is 19.4 Å². The summed E-state index contributed by atoms with van der Waals surface area (Å²) in [7, 11) is 0. The van der Waals surface area contributed by atoms with Crippen LogP contribution in [-0.2, 0) is 6.42 Å². The Labute approximate surface area is 138 Å². The van der Waals surface area contributed by atoms with Crippen molar-refractivity contribution in [3.8, 4) is 5.88 Å². The van der Waals surface area contributed by atoms with E-state index in [0.717, 1.165) is 16.0 Å². The fourth-order valence-corrected chi connectivity index (χ4v) is 2.73. The van der Waals surface area contributed by atoms with Crippen LogP contribution in [0.15, 0.2) is 30.3 Å². The number of anilines is 1. The van der Waals surface area contributed by atoms with Gasteiger partial charge >= 0.3 is 6.09 Å². The fourth-order valence-electron chi connectivity index (χ4n) is 2.73. The molecule has 0 fully saturated rings. The Bertz CT molecular complexity index is 764. The highest BCUT2D eigenvalue weighted by atomic mass is 19.1.